The van der Waals surface area contributed by atoms with E-state index in [0.29, 0.717) is 29.3 Å². The van der Waals surface area contributed by atoms with E-state index in [1.165, 1.54) is 57.8 Å². The van der Waals surface area contributed by atoms with Crippen LogP contribution in [-0.2, 0) is 13.6 Å². The molecule has 0 radical (unpaired) electrons. The van der Waals surface area contributed by atoms with Gasteiger partial charge in [-0.05, 0) is 143 Å². The lowest BCUT2D eigenvalue weighted by molar-refractivity contribution is -0.159. The van der Waals surface area contributed by atoms with E-state index in [1.54, 1.807) is 0 Å². The molecule has 0 spiro atoms. The first kappa shape index (κ1) is 27.9. The van der Waals surface area contributed by atoms with Crippen LogP contribution in [0.1, 0.15) is 91.4 Å². The first-order valence-electron chi connectivity index (χ1n) is 15.0. The summed E-state index contributed by atoms with van der Waals surface area (Å²) in [6.45, 7) is 21.2. The standard InChI is InChI=1S/C30H56O3Si2/c1-21(13-18-28(31)33-35(7,8)9)24-16-17-25-23-15-14-22-11-10-12-27(32-34(4,5)6)30(22,3)26(23)19-20-29(24,25)2/h21-27H,10-20H2,1-9H3/t21-,22+,23+,24-,25+,26+,27?,29-,30+/m1/s1. The van der Waals surface area contributed by atoms with Crippen LogP contribution in [0.3, 0.4) is 0 Å². The van der Waals surface area contributed by atoms with Crippen LogP contribution in [0.2, 0.25) is 39.3 Å². The summed E-state index contributed by atoms with van der Waals surface area (Å²) in [6.07, 6.45) is 14.6. The Balaban J connectivity index is 1.47. The SMILES string of the molecule is C[C@H](CCC(=O)O[Si](C)(C)C)[C@H]1CC[C@H]2[C@@H]3CC[C@@H]4CCCC(O[Si](C)(C)C)[C@]4(C)[C@H]3CC[C@]12C. The molecule has 3 nitrogen and oxygen atoms in total. The van der Waals surface area contributed by atoms with Gasteiger partial charge in [-0.25, -0.2) is 0 Å². The van der Waals surface area contributed by atoms with Gasteiger partial charge in [0.1, 0.15) is 0 Å². The topological polar surface area (TPSA) is 35.5 Å². The van der Waals surface area contributed by atoms with E-state index in [2.05, 4.69) is 60.1 Å². The number of carbonyl (C=O) groups is 1. The Morgan fingerprint density at radius 3 is 2.26 bits per heavy atom. The van der Waals surface area contributed by atoms with Crippen molar-refractivity contribution >= 4 is 22.6 Å². The van der Waals surface area contributed by atoms with E-state index in [1.807, 2.05) is 0 Å². The van der Waals surface area contributed by atoms with Crippen LogP contribution in [0.5, 0.6) is 0 Å². The third-order valence-electron chi connectivity index (χ3n) is 11.2. The van der Waals surface area contributed by atoms with E-state index >= 15 is 0 Å². The Kier molecular flexibility index (Phi) is 7.87. The second kappa shape index (κ2) is 9.87. The van der Waals surface area contributed by atoms with Gasteiger partial charge in [0.15, 0.2) is 8.32 Å². The zero-order valence-electron chi connectivity index (χ0n) is 24.5. The zero-order valence-corrected chi connectivity index (χ0v) is 26.5. The lowest BCUT2D eigenvalue weighted by Crippen LogP contribution is -2.59. The average Bonchev–Trinajstić information content (AvgIpc) is 3.08. The fourth-order valence-electron chi connectivity index (χ4n) is 9.81. The van der Waals surface area contributed by atoms with Crippen molar-refractivity contribution in [3.8, 4) is 0 Å². The maximum absolute atomic E-state index is 12.4. The molecule has 0 aromatic rings. The lowest BCUT2D eigenvalue weighted by atomic mass is 9.44. The Morgan fingerprint density at radius 2 is 1.60 bits per heavy atom. The van der Waals surface area contributed by atoms with Gasteiger partial charge in [-0.15, -0.1) is 0 Å². The van der Waals surface area contributed by atoms with Crippen LogP contribution >= 0.6 is 0 Å². The molecule has 202 valence electrons. The van der Waals surface area contributed by atoms with Crippen LogP contribution in [0.15, 0.2) is 0 Å². The second-order valence-electron chi connectivity index (χ2n) is 15.5. The summed E-state index contributed by atoms with van der Waals surface area (Å²) < 4.78 is 12.7. The minimum Gasteiger partial charge on any atom is -0.520 e. The molecule has 0 bridgehead atoms. The van der Waals surface area contributed by atoms with Crippen LogP contribution in [0.4, 0.5) is 0 Å². The third kappa shape index (κ3) is 5.53. The quantitative estimate of drug-likeness (QED) is 0.315. The Morgan fingerprint density at radius 1 is 0.886 bits per heavy atom. The molecule has 5 heteroatoms. The van der Waals surface area contributed by atoms with Gasteiger partial charge >= 0.3 is 0 Å². The van der Waals surface area contributed by atoms with E-state index in [-0.39, 0.29) is 5.97 Å². The predicted octanol–water partition coefficient (Wildman–Crippen LogP) is 8.66. The molecule has 0 N–H and O–H groups in total. The molecule has 4 saturated carbocycles. The summed E-state index contributed by atoms with van der Waals surface area (Å²) in [5.74, 6) is 4.89. The van der Waals surface area contributed by atoms with Crippen molar-refractivity contribution in [2.45, 2.75) is 137 Å². The summed E-state index contributed by atoms with van der Waals surface area (Å²) >= 11 is 0. The lowest BCUT2D eigenvalue weighted by Gasteiger charge is -2.63. The normalized spacial score (nSPS) is 42.5. The van der Waals surface area contributed by atoms with Crippen molar-refractivity contribution in [1.82, 2.24) is 0 Å². The van der Waals surface area contributed by atoms with Gasteiger partial charge in [-0.3, -0.25) is 4.79 Å². The van der Waals surface area contributed by atoms with E-state index in [0.717, 1.165) is 36.0 Å². The monoisotopic (exact) mass is 520 g/mol. The number of fused-ring (bicyclic) bond motifs is 5. The van der Waals surface area contributed by atoms with Gasteiger partial charge in [-0.1, -0.05) is 27.2 Å². The molecule has 0 aromatic heterocycles. The number of carbonyl (C=O) groups excluding carboxylic acids is 1. The minimum absolute atomic E-state index is 0.0383. The smallest absolute Gasteiger partial charge is 0.292 e. The summed E-state index contributed by atoms with van der Waals surface area (Å²) in [7, 11) is -3.35. The highest BCUT2D eigenvalue weighted by molar-refractivity contribution is 6.71. The summed E-state index contributed by atoms with van der Waals surface area (Å²) in [5, 5.41) is 0. The van der Waals surface area contributed by atoms with Crippen molar-refractivity contribution < 1.29 is 13.6 Å². The highest BCUT2D eigenvalue weighted by Gasteiger charge is 2.62. The highest BCUT2D eigenvalue weighted by Crippen LogP contribution is 2.68. The third-order valence-corrected chi connectivity index (χ3v) is 13.0. The maximum atomic E-state index is 12.4. The van der Waals surface area contributed by atoms with Crippen LogP contribution < -0.4 is 0 Å². The maximum Gasteiger partial charge on any atom is 0.292 e. The molecule has 4 aliphatic rings. The van der Waals surface area contributed by atoms with Crippen LogP contribution in [-0.4, -0.2) is 28.7 Å². The van der Waals surface area contributed by atoms with Crippen molar-refractivity contribution in [1.29, 1.82) is 0 Å². The second-order valence-corrected chi connectivity index (χ2v) is 24.4. The first-order chi connectivity index (χ1) is 16.1. The largest absolute Gasteiger partial charge is 0.520 e. The predicted molar refractivity (Wildman–Crippen MR) is 151 cm³/mol. The van der Waals surface area contributed by atoms with E-state index < -0.39 is 16.6 Å². The fourth-order valence-corrected chi connectivity index (χ4v) is 11.8. The molecular formula is C30H56O3Si2. The molecule has 0 aliphatic heterocycles. The van der Waals surface area contributed by atoms with Crippen LogP contribution in [0, 0.1) is 46.3 Å². The summed E-state index contributed by atoms with van der Waals surface area (Å²) in [6, 6.07) is 0. The molecule has 0 amide bonds. The van der Waals surface area contributed by atoms with Gasteiger partial charge in [0, 0.05) is 6.42 Å². The van der Waals surface area contributed by atoms with Gasteiger partial charge in [0.2, 0.25) is 8.32 Å². The molecule has 1 unspecified atom stereocenters. The van der Waals surface area contributed by atoms with Gasteiger partial charge < -0.3 is 8.85 Å². The molecule has 0 heterocycles. The fraction of sp³-hybridized carbons (Fsp3) is 0.967. The van der Waals surface area contributed by atoms with Crippen molar-refractivity contribution in [3.05, 3.63) is 0 Å². The first-order valence-corrected chi connectivity index (χ1v) is 21.9. The summed E-state index contributed by atoms with van der Waals surface area (Å²) in [5.41, 5.74) is 0.837. The van der Waals surface area contributed by atoms with Crippen molar-refractivity contribution in [2.75, 3.05) is 0 Å². The number of hydrogen-bond acceptors (Lipinski definition) is 3. The molecule has 35 heavy (non-hydrogen) atoms. The van der Waals surface area contributed by atoms with Gasteiger partial charge in [0.25, 0.3) is 5.97 Å². The minimum atomic E-state index is -1.79. The average molecular weight is 521 g/mol. The molecule has 0 aromatic carbocycles. The number of hydrogen-bond donors (Lipinski definition) is 0. The molecule has 4 aliphatic carbocycles. The van der Waals surface area contributed by atoms with Gasteiger partial charge in [-0.2, -0.15) is 0 Å². The highest BCUT2D eigenvalue weighted by atomic mass is 28.4. The van der Waals surface area contributed by atoms with Gasteiger partial charge in [0.05, 0.1) is 6.10 Å². The molecule has 0 saturated heterocycles. The van der Waals surface area contributed by atoms with Crippen molar-refractivity contribution in [3.63, 3.8) is 0 Å². The van der Waals surface area contributed by atoms with Crippen LogP contribution in [0.25, 0.3) is 0 Å². The molecular weight excluding hydrogens is 464 g/mol. The molecule has 4 fully saturated rings. The summed E-state index contributed by atoms with van der Waals surface area (Å²) in [4.78, 5) is 12.4. The number of rotatable bonds is 7. The van der Waals surface area contributed by atoms with E-state index in [9.17, 15) is 4.79 Å². The molecule has 9 atom stereocenters. The molecule has 4 rings (SSSR count). The Bertz CT molecular complexity index is 771. The van der Waals surface area contributed by atoms with E-state index in [4.69, 9.17) is 8.85 Å². The van der Waals surface area contributed by atoms with Crippen molar-refractivity contribution in [2.24, 2.45) is 46.3 Å². The zero-order chi connectivity index (χ0) is 25.8. The Hall–Kier alpha value is -0.136. The Labute approximate surface area is 219 Å².